The third-order valence-electron chi connectivity index (χ3n) is 8.33. The molecule has 2 fully saturated rings. The number of anilines is 1. The van der Waals surface area contributed by atoms with Crippen LogP contribution in [-0.4, -0.2) is 81.3 Å². The highest BCUT2D eigenvalue weighted by Gasteiger charge is 2.42. The molecule has 0 aliphatic carbocycles. The highest BCUT2D eigenvalue weighted by Crippen LogP contribution is 2.35. The topological polar surface area (TPSA) is 89.6 Å². The minimum absolute atomic E-state index is 0.242. The molecule has 2 amide bonds. The van der Waals surface area contributed by atoms with Gasteiger partial charge in [-0.1, -0.05) is 6.42 Å². The zero-order valence-corrected chi connectivity index (χ0v) is 24.6. The molecule has 2 aromatic carbocycles. The van der Waals surface area contributed by atoms with Gasteiger partial charge in [0.1, 0.15) is 28.5 Å². The summed E-state index contributed by atoms with van der Waals surface area (Å²) in [5.41, 5.74) is -0.238. The van der Waals surface area contributed by atoms with Gasteiger partial charge in [0.2, 0.25) is 5.91 Å². The SMILES string of the molecule is COc1cc(NC(=O)C(C)(C)N(C[C@@H]2CCCN3CCCC[C@@H]23)C(=O)c2cc(OC)cc(OC)c2)cc(OC)c1. The monoisotopic (exact) mass is 553 g/mol. The molecule has 2 heterocycles. The normalized spacial score (nSPS) is 19.2. The van der Waals surface area contributed by atoms with Gasteiger partial charge in [0.05, 0.1) is 28.4 Å². The van der Waals surface area contributed by atoms with Gasteiger partial charge < -0.3 is 34.1 Å². The van der Waals surface area contributed by atoms with E-state index in [1.807, 2.05) is 0 Å². The third kappa shape index (κ3) is 6.46. The highest BCUT2D eigenvalue weighted by molar-refractivity contribution is 6.03. The first-order valence-electron chi connectivity index (χ1n) is 14.0. The Kier molecular flexibility index (Phi) is 9.45. The molecule has 2 saturated heterocycles. The first-order chi connectivity index (χ1) is 19.2. The summed E-state index contributed by atoms with van der Waals surface area (Å²) in [6.07, 6.45) is 5.65. The number of rotatable bonds is 10. The van der Waals surface area contributed by atoms with Gasteiger partial charge in [-0.25, -0.2) is 0 Å². The molecule has 0 unspecified atom stereocenters. The van der Waals surface area contributed by atoms with Crippen LogP contribution in [0.3, 0.4) is 0 Å². The molecule has 9 nitrogen and oxygen atoms in total. The Balaban J connectivity index is 1.69. The van der Waals surface area contributed by atoms with Crippen LogP contribution in [0.15, 0.2) is 36.4 Å². The molecule has 0 saturated carbocycles. The lowest BCUT2D eigenvalue weighted by Gasteiger charge is -2.47. The van der Waals surface area contributed by atoms with Gasteiger partial charge in [-0.2, -0.15) is 0 Å². The average molecular weight is 554 g/mol. The number of carbonyl (C=O) groups excluding carboxylic acids is 2. The molecule has 1 N–H and O–H groups in total. The number of hydrogen-bond donors (Lipinski definition) is 1. The number of ether oxygens (including phenoxy) is 4. The molecule has 0 aromatic heterocycles. The van der Waals surface area contributed by atoms with Crippen LogP contribution < -0.4 is 24.3 Å². The van der Waals surface area contributed by atoms with Gasteiger partial charge in [-0.3, -0.25) is 9.59 Å². The molecule has 0 radical (unpaired) electrons. The lowest BCUT2D eigenvalue weighted by Crippen LogP contribution is -2.59. The lowest BCUT2D eigenvalue weighted by molar-refractivity contribution is -0.125. The van der Waals surface area contributed by atoms with Crippen molar-refractivity contribution in [1.82, 2.24) is 9.80 Å². The molecule has 2 aliphatic rings. The van der Waals surface area contributed by atoms with Crippen molar-refractivity contribution in [2.75, 3.05) is 53.4 Å². The van der Waals surface area contributed by atoms with Crippen LogP contribution in [-0.2, 0) is 4.79 Å². The van der Waals surface area contributed by atoms with Crippen molar-refractivity contribution in [3.63, 3.8) is 0 Å². The largest absolute Gasteiger partial charge is 0.497 e. The van der Waals surface area contributed by atoms with Crippen LogP contribution in [0.25, 0.3) is 0 Å². The number of piperidine rings is 2. The molecule has 0 bridgehead atoms. The van der Waals surface area contributed by atoms with Crippen molar-refractivity contribution in [3.8, 4) is 23.0 Å². The zero-order valence-electron chi connectivity index (χ0n) is 24.6. The van der Waals surface area contributed by atoms with Gasteiger partial charge in [-0.05, 0) is 70.7 Å². The van der Waals surface area contributed by atoms with E-state index in [4.69, 9.17) is 18.9 Å². The Bertz CT molecular complexity index is 1150. The first-order valence-corrected chi connectivity index (χ1v) is 14.0. The predicted octanol–water partition coefficient (Wildman–Crippen LogP) is 4.85. The summed E-state index contributed by atoms with van der Waals surface area (Å²) in [7, 11) is 6.23. The number of benzene rings is 2. The number of fused-ring (bicyclic) bond motifs is 1. The fraction of sp³-hybridized carbons (Fsp3) is 0.548. The van der Waals surface area contributed by atoms with Gasteiger partial charge >= 0.3 is 0 Å². The molecule has 9 heteroatoms. The Labute approximate surface area is 237 Å². The highest BCUT2D eigenvalue weighted by atomic mass is 16.5. The van der Waals surface area contributed by atoms with Crippen LogP contribution in [0.2, 0.25) is 0 Å². The minimum atomic E-state index is -1.18. The maximum Gasteiger partial charge on any atom is 0.255 e. The van der Waals surface area contributed by atoms with Gasteiger partial charge in [-0.15, -0.1) is 0 Å². The number of methoxy groups -OCH3 is 4. The van der Waals surface area contributed by atoms with Gasteiger partial charge in [0, 0.05) is 48.1 Å². The zero-order chi connectivity index (χ0) is 28.9. The van der Waals surface area contributed by atoms with E-state index in [-0.39, 0.29) is 17.7 Å². The molecule has 218 valence electrons. The first kappa shape index (κ1) is 29.5. The van der Waals surface area contributed by atoms with Crippen molar-refractivity contribution in [2.45, 2.75) is 57.5 Å². The maximum absolute atomic E-state index is 14.3. The van der Waals surface area contributed by atoms with E-state index in [9.17, 15) is 9.59 Å². The van der Waals surface area contributed by atoms with Crippen molar-refractivity contribution < 1.29 is 28.5 Å². The predicted molar refractivity (Wildman–Crippen MR) is 155 cm³/mol. The molecule has 2 atom stereocenters. The molecule has 2 aliphatic heterocycles. The molecule has 4 rings (SSSR count). The van der Waals surface area contributed by atoms with E-state index in [0.717, 1.165) is 32.4 Å². The summed E-state index contributed by atoms with van der Waals surface area (Å²) in [5, 5.41) is 3.00. The molecule has 0 spiro atoms. The van der Waals surface area contributed by atoms with Gasteiger partial charge in [0.25, 0.3) is 5.91 Å². The maximum atomic E-state index is 14.3. The standard InChI is InChI=1S/C31H43N3O6/c1-31(2,30(36)32-23-16-26(39-5)19-27(17-23)40-6)34(20-21-10-9-13-33-12-8-7-11-28(21)33)29(35)22-14-24(37-3)18-25(15-22)38-4/h14-19,21,28H,7-13,20H2,1-6H3,(H,32,36)/t21-,28-/m0/s1. The molecule has 40 heavy (non-hydrogen) atoms. The Hall–Kier alpha value is -3.46. The minimum Gasteiger partial charge on any atom is -0.497 e. The van der Waals surface area contributed by atoms with E-state index < -0.39 is 5.54 Å². The van der Waals surface area contributed by atoms with E-state index >= 15 is 0 Å². The number of carbonyl (C=O) groups is 2. The van der Waals surface area contributed by atoms with Crippen LogP contribution >= 0.6 is 0 Å². The molecular formula is C31H43N3O6. The van der Waals surface area contributed by atoms with Crippen LogP contribution in [0.1, 0.15) is 56.3 Å². The third-order valence-corrected chi connectivity index (χ3v) is 8.33. The number of amides is 2. The van der Waals surface area contributed by atoms with E-state index in [1.165, 1.54) is 12.8 Å². The fourth-order valence-electron chi connectivity index (χ4n) is 5.96. The second kappa shape index (κ2) is 12.8. The summed E-state index contributed by atoms with van der Waals surface area (Å²) in [4.78, 5) is 32.5. The quantitative estimate of drug-likeness (QED) is 0.450. The summed E-state index contributed by atoms with van der Waals surface area (Å²) in [5.74, 6) is 1.88. The average Bonchev–Trinajstić information content (AvgIpc) is 2.98. The Morgan fingerprint density at radius 2 is 1.38 bits per heavy atom. The van der Waals surface area contributed by atoms with Crippen molar-refractivity contribution in [2.24, 2.45) is 5.92 Å². The number of nitrogens with one attached hydrogen (secondary N) is 1. The second-order valence-corrected chi connectivity index (χ2v) is 11.1. The van der Waals surface area contributed by atoms with E-state index in [2.05, 4.69) is 10.2 Å². The van der Waals surface area contributed by atoms with Crippen molar-refractivity contribution in [1.29, 1.82) is 0 Å². The van der Waals surface area contributed by atoms with Crippen LogP contribution in [0.5, 0.6) is 23.0 Å². The van der Waals surface area contributed by atoms with Crippen LogP contribution in [0, 0.1) is 5.92 Å². The number of hydrogen-bond acceptors (Lipinski definition) is 7. The Morgan fingerprint density at radius 1 is 0.825 bits per heavy atom. The fourth-order valence-corrected chi connectivity index (χ4v) is 5.96. The Morgan fingerprint density at radius 3 is 1.95 bits per heavy atom. The summed E-state index contributed by atoms with van der Waals surface area (Å²) in [6.45, 7) is 6.28. The smallest absolute Gasteiger partial charge is 0.255 e. The summed E-state index contributed by atoms with van der Waals surface area (Å²) >= 11 is 0. The van der Waals surface area contributed by atoms with Crippen molar-refractivity contribution in [3.05, 3.63) is 42.0 Å². The molecule has 2 aromatic rings. The summed E-state index contributed by atoms with van der Waals surface area (Å²) < 4.78 is 21.6. The second-order valence-electron chi connectivity index (χ2n) is 11.1. The number of nitrogens with zero attached hydrogens (tertiary/aromatic N) is 2. The lowest BCUT2D eigenvalue weighted by atomic mass is 9.82. The van der Waals surface area contributed by atoms with Crippen LogP contribution in [0.4, 0.5) is 5.69 Å². The molecular weight excluding hydrogens is 510 g/mol. The van der Waals surface area contributed by atoms with Crippen molar-refractivity contribution >= 4 is 17.5 Å². The van der Waals surface area contributed by atoms with E-state index in [1.54, 1.807) is 83.6 Å². The van der Waals surface area contributed by atoms with Gasteiger partial charge in [0.15, 0.2) is 0 Å². The summed E-state index contributed by atoms with van der Waals surface area (Å²) in [6, 6.07) is 10.8. The van der Waals surface area contributed by atoms with E-state index in [0.29, 0.717) is 46.8 Å².